The van der Waals surface area contributed by atoms with Crippen LogP contribution in [-0.2, 0) is 0 Å². The Morgan fingerprint density at radius 3 is 2.05 bits per heavy atom. The second-order valence-electron chi connectivity index (χ2n) is 4.27. The fourth-order valence-corrected chi connectivity index (χ4v) is 4.57. The van der Waals surface area contributed by atoms with Crippen LogP contribution in [-0.4, -0.2) is 7.11 Å². The molecule has 0 radical (unpaired) electrons. The molecule has 0 aliphatic carbocycles. The van der Waals surface area contributed by atoms with Crippen LogP contribution in [0.2, 0.25) is 0 Å². The highest BCUT2D eigenvalue weighted by Crippen LogP contribution is 2.39. The molecule has 0 aromatic heterocycles. The van der Waals surface area contributed by atoms with E-state index in [0.29, 0.717) is 0 Å². The van der Waals surface area contributed by atoms with E-state index in [1.54, 1.807) is 7.11 Å². The third-order valence-electron chi connectivity index (χ3n) is 2.91. The molecule has 1 unspecified atom stereocenters. The molecule has 0 aliphatic rings. The number of alkyl halides is 1. The first-order valence-electron chi connectivity index (χ1n) is 5.76. The zero-order chi connectivity index (χ0) is 14.0. The largest absolute Gasteiger partial charge is 0.497 e. The molecule has 0 fully saturated rings. The number of halogens is 3. The van der Waals surface area contributed by atoms with Crippen LogP contribution < -0.4 is 4.74 Å². The zero-order valence-corrected chi connectivity index (χ0v) is 15.3. The first-order valence-corrected chi connectivity index (χ1v) is 8.26. The summed E-state index contributed by atoms with van der Waals surface area (Å²) in [5.74, 6) is 0.846. The fourth-order valence-electron chi connectivity index (χ4n) is 1.85. The third kappa shape index (κ3) is 3.41. The van der Waals surface area contributed by atoms with Crippen molar-refractivity contribution in [1.29, 1.82) is 0 Å². The van der Waals surface area contributed by atoms with Crippen molar-refractivity contribution in [3.05, 3.63) is 62.0 Å². The van der Waals surface area contributed by atoms with E-state index in [1.165, 1.54) is 16.7 Å². The molecule has 0 N–H and O–H groups in total. The van der Waals surface area contributed by atoms with Gasteiger partial charge in [0.05, 0.1) is 11.9 Å². The first kappa shape index (κ1) is 15.1. The highest BCUT2D eigenvalue weighted by Gasteiger charge is 2.16. The monoisotopic (exact) mass is 446 g/mol. The Bertz CT molecular complexity index is 596. The highest BCUT2D eigenvalue weighted by molar-refractivity contribution is 9.11. The Kier molecular flexibility index (Phi) is 5.09. The van der Waals surface area contributed by atoms with Gasteiger partial charge in [-0.15, -0.1) is 0 Å². The minimum Gasteiger partial charge on any atom is -0.497 e. The van der Waals surface area contributed by atoms with Gasteiger partial charge in [0.1, 0.15) is 5.75 Å². The van der Waals surface area contributed by atoms with Gasteiger partial charge in [-0.2, -0.15) is 0 Å². The molecule has 1 atom stereocenters. The van der Waals surface area contributed by atoms with E-state index in [9.17, 15) is 0 Å². The van der Waals surface area contributed by atoms with Gasteiger partial charge < -0.3 is 4.74 Å². The van der Waals surface area contributed by atoms with Gasteiger partial charge in [0.2, 0.25) is 0 Å². The van der Waals surface area contributed by atoms with E-state index in [2.05, 4.69) is 79.0 Å². The smallest absolute Gasteiger partial charge is 0.120 e. The second kappa shape index (κ2) is 6.42. The topological polar surface area (TPSA) is 9.23 Å². The maximum atomic E-state index is 5.22. The van der Waals surface area contributed by atoms with Gasteiger partial charge in [0, 0.05) is 8.95 Å². The molecule has 19 heavy (non-hydrogen) atoms. The average Bonchev–Trinajstić information content (AvgIpc) is 2.37. The second-order valence-corrected chi connectivity index (χ2v) is 6.90. The SMILES string of the molecule is COc1ccc(C(Br)c2ccc(C)cc2Br)c(Br)c1. The standard InChI is InChI=1S/C15H13Br3O/c1-9-3-5-11(13(16)7-9)15(18)12-6-4-10(19-2)8-14(12)17/h3-8,15H,1-2H3. The van der Waals surface area contributed by atoms with Gasteiger partial charge in [-0.25, -0.2) is 0 Å². The normalized spacial score (nSPS) is 12.3. The highest BCUT2D eigenvalue weighted by atomic mass is 79.9. The summed E-state index contributed by atoms with van der Waals surface area (Å²) in [5.41, 5.74) is 3.62. The molecule has 2 aromatic rings. The third-order valence-corrected chi connectivity index (χ3v) is 5.27. The Hall–Kier alpha value is -0.320. The maximum Gasteiger partial charge on any atom is 0.120 e. The molecule has 0 spiro atoms. The van der Waals surface area contributed by atoms with Crippen molar-refractivity contribution in [3.8, 4) is 5.75 Å². The molecule has 0 amide bonds. The van der Waals surface area contributed by atoms with E-state index in [0.717, 1.165) is 14.7 Å². The van der Waals surface area contributed by atoms with Gasteiger partial charge in [0.25, 0.3) is 0 Å². The summed E-state index contributed by atoms with van der Waals surface area (Å²) in [6.07, 6.45) is 0. The summed E-state index contributed by atoms with van der Waals surface area (Å²) in [4.78, 5) is 0.128. The number of aryl methyl sites for hydroxylation is 1. The van der Waals surface area contributed by atoms with Gasteiger partial charge in [-0.3, -0.25) is 0 Å². The number of ether oxygens (including phenoxy) is 1. The summed E-state index contributed by atoms with van der Waals surface area (Å²) in [7, 11) is 1.67. The fraction of sp³-hybridized carbons (Fsp3) is 0.200. The van der Waals surface area contributed by atoms with Crippen LogP contribution in [0, 0.1) is 6.92 Å². The lowest BCUT2D eigenvalue weighted by Crippen LogP contribution is -1.96. The number of hydrogen-bond acceptors (Lipinski definition) is 1. The zero-order valence-electron chi connectivity index (χ0n) is 10.6. The predicted molar refractivity (Wildman–Crippen MR) is 90.3 cm³/mol. The predicted octanol–water partition coefficient (Wildman–Crippen LogP) is 6.01. The van der Waals surface area contributed by atoms with Crippen molar-refractivity contribution in [2.75, 3.05) is 7.11 Å². The molecule has 4 heteroatoms. The van der Waals surface area contributed by atoms with Crippen molar-refractivity contribution in [1.82, 2.24) is 0 Å². The molecule has 0 heterocycles. The van der Waals surface area contributed by atoms with Crippen LogP contribution in [0.3, 0.4) is 0 Å². The minimum atomic E-state index is 0.128. The lowest BCUT2D eigenvalue weighted by Gasteiger charge is -2.15. The van der Waals surface area contributed by atoms with E-state index < -0.39 is 0 Å². The summed E-state index contributed by atoms with van der Waals surface area (Å²) < 4.78 is 7.36. The average molecular weight is 449 g/mol. The number of benzene rings is 2. The van der Waals surface area contributed by atoms with Crippen molar-refractivity contribution >= 4 is 47.8 Å². The van der Waals surface area contributed by atoms with Crippen LogP contribution >= 0.6 is 47.8 Å². The Morgan fingerprint density at radius 1 is 0.947 bits per heavy atom. The van der Waals surface area contributed by atoms with Crippen LogP contribution in [0.25, 0.3) is 0 Å². The van der Waals surface area contributed by atoms with Gasteiger partial charge >= 0.3 is 0 Å². The summed E-state index contributed by atoms with van der Waals surface area (Å²) in [5, 5.41) is 0. The molecular weight excluding hydrogens is 436 g/mol. The van der Waals surface area contributed by atoms with Crippen molar-refractivity contribution in [2.24, 2.45) is 0 Å². The van der Waals surface area contributed by atoms with E-state index in [4.69, 9.17) is 4.74 Å². The summed E-state index contributed by atoms with van der Waals surface area (Å²) in [6, 6.07) is 12.4. The van der Waals surface area contributed by atoms with E-state index in [1.807, 2.05) is 12.1 Å². The van der Waals surface area contributed by atoms with Crippen molar-refractivity contribution in [2.45, 2.75) is 11.8 Å². The Labute approximate surface area is 138 Å². The molecule has 0 saturated carbocycles. The van der Waals surface area contributed by atoms with E-state index in [-0.39, 0.29) is 4.83 Å². The molecule has 1 nitrogen and oxygen atoms in total. The lowest BCUT2D eigenvalue weighted by molar-refractivity contribution is 0.414. The van der Waals surface area contributed by atoms with Gasteiger partial charge in [0.15, 0.2) is 0 Å². The van der Waals surface area contributed by atoms with Crippen LogP contribution in [0.1, 0.15) is 21.5 Å². The number of rotatable bonds is 3. The molecule has 2 aromatic carbocycles. The molecule has 0 aliphatic heterocycles. The quantitative estimate of drug-likeness (QED) is 0.522. The lowest BCUT2D eigenvalue weighted by atomic mass is 10.0. The van der Waals surface area contributed by atoms with Crippen molar-refractivity contribution < 1.29 is 4.74 Å². The Morgan fingerprint density at radius 2 is 1.53 bits per heavy atom. The van der Waals surface area contributed by atoms with Gasteiger partial charge in [-0.1, -0.05) is 66.0 Å². The van der Waals surface area contributed by atoms with Crippen molar-refractivity contribution in [3.63, 3.8) is 0 Å². The van der Waals surface area contributed by atoms with Crippen LogP contribution in [0.15, 0.2) is 45.3 Å². The minimum absolute atomic E-state index is 0.128. The summed E-state index contributed by atoms with van der Waals surface area (Å²) >= 11 is 11.0. The van der Waals surface area contributed by atoms with Gasteiger partial charge in [-0.05, 0) is 41.8 Å². The molecular formula is C15H13Br3O. The number of hydrogen-bond donors (Lipinski definition) is 0. The Balaban J connectivity index is 2.41. The van der Waals surface area contributed by atoms with E-state index >= 15 is 0 Å². The van der Waals surface area contributed by atoms with Crippen LogP contribution in [0.5, 0.6) is 5.75 Å². The molecule has 2 rings (SSSR count). The molecule has 0 bridgehead atoms. The van der Waals surface area contributed by atoms with Crippen LogP contribution in [0.4, 0.5) is 0 Å². The number of methoxy groups -OCH3 is 1. The first-order chi connectivity index (χ1) is 9.02. The maximum absolute atomic E-state index is 5.22. The molecule has 0 saturated heterocycles. The molecule has 100 valence electrons. The summed E-state index contributed by atoms with van der Waals surface area (Å²) in [6.45, 7) is 2.08.